The van der Waals surface area contributed by atoms with Crippen LogP contribution in [0, 0.1) is 4.64 Å². The molecule has 0 unspecified atom stereocenters. The van der Waals surface area contributed by atoms with Crippen molar-refractivity contribution in [2.75, 3.05) is 0 Å². The summed E-state index contributed by atoms with van der Waals surface area (Å²) in [6.07, 6.45) is 0.890. The van der Waals surface area contributed by atoms with Gasteiger partial charge in [-0.2, -0.15) is 0 Å². The van der Waals surface area contributed by atoms with Gasteiger partial charge in [0.15, 0.2) is 0 Å². The lowest BCUT2D eigenvalue weighted by molar-refractivity contribution is 0.920. The highest BCUT2D eigenvalue weighted by Crippen LogP contribution is 2.25. The first kappa shape index (κ1) is 15.0. The topological polar surface area (TPSA) is 28.7 Å². The largest absolute Gasteiger partial charge is 0.345 e. The number of hydrogen-bond donors (Lipinski definition) is 1. The van der Waals surface area contributed by atoms with E-state index in [-0.39, 0.29) is 0 Å². The first-order valence-electron chi connectivity index (χ1n) is 5.76. The van der Waals surface area contributed by atoms with E-state index < -0.39 is 0 Å². The Labute approximate surface area is 135 Å². The average Bonchev–Trinajstić information content (AvgIpc) is 2.40. The molecule has 1 aromatic carbocycles. The van der Waals surface area contributed by atoms with Gasteiger partial charge in [-0.25, -0.2) is 4.98 Å². The number of hydrogen-bond acceptors (Lipinski definition) is 3. The SMILES string of the molecule is CCc1[nH]c(CSc2cccc(Cl)c2)nc(=S)c1Br. The lowest BCUT2D eigenvalue weighted by Gasteiger charge is -2.07. The zero-order valence-corrected chi connectivity index (χ0v) is 14.2. The number of aromatic nitrogens is 2. The van der Waals surface area contributed by atoms with Crippen molar-refractivity contribution < 1.29 is 0 Å². The van der Waals surface area contributed by atoms with Crippen LogP contribution in [-0.4, -0.2) is 9.97 Å². The third-order valence-corrected chi connectivity index (χ3v) is 5.16. The molecular formula is C13H12BrClN2S2. The molecule has 0 amide bonds. The first-order valence-corrected chi connectivity index (χ1v) is 8.32. The van der Waals surface area contributed by atoms with Crippen LogP contribution in [0.4, 0.5) is 0 Å². The second kappa shape index (κ2) is 6.88. The normalized spacial score (nSPS) is 10.7. The highest BCUT2D eigenvalue weighted by atomic mass is 79.9. The molecular weight excluding hydrogens is 364 g/mol. The predicted molar refractivity (Wildman–Crippen MR) is 87.5 cm³/mol. The fourth-order valence-corrected chi connectivity index (χ4v) is 3.36. The molecule has 0 saturated heterocycles. The van der Waals surface area contributed by atoms with Crippen LogP contribution >= 0.6 is 51.5 Å². The summed E-state index contributed by atoms with van der Waals surface area (Å²) in [5.41, 5.74) is 1.08. The van der Waals surface area contributed by atoms with E-state index in [9.17, 15) is 0 Å². The molecule has 0 aliphatic rings. The van der Waals surface area contributed by atoms with Gasteiger partial charge in [-0.05, 0) is 40.5 Å². The number of aryl methyl sites for hydroxylation is 1. The van der Waals surface area contributed by atoms with Crippen LogP contribution in [0.3, 0.4) is 0 Å². The van der Waals surface area contributed by atoms with E-state index in [1.807, 2.05) is 24.3 Å². The average molecular weight is 376 g/mol. The smallest absolute Gasteiger partial charge is 0.144 e. The van der Waals surface area contributed by atoms with Gasteiger partial charge >= 0.3 is 0 Å². The minimum atomic E-state index is 0.609. The number of rotatable bonds is 4. The molecule has 0 aliphatic carbocycles. The van der Waals surface area contributed by atoms with E-state index in [1.165, 1.54) is 0 Å². The third kappa shape index (κ3) is 4.05. The summed E-state index contributed by atoms with van der Waals surface area (Å²) in [5, 5.41) is 0.746. The van der Waals surface area contributed by atoms with Crippen LogP contribution in [0.15, 0.2) is 33.6 Å². The number of benzene rings is 1. The lowest BCUT2D eigenvalue weighted by atomic mass is 10.3. The van der Waals surface area contributed by atoms with Crippen molar-refractivity contribution in [1.82, 2.24) is 9.97 Å². The fourth-order valence-electron chi connectivity index (χ4n) is 1.58. The van der Waals surface area contributed by atoms with E-state index in [2.05, 4.69) is 32.8 Å². The molecule has 6 heteroatoms. The fraction of sp³-hybridized carbons (Fsp3) is 0.231. The van der Waals surface area contributed by atoms with Gasteiger partial charge in [0.2, 0.25) is 0 Å². The van der Waals surface area contributed by atoms with Gasteiger partial charge in [-0.3, -0.25) is 0 Å². The molecule has 2 nitrogen and oxygen atoms in total. The summed E-state index contributed by atoms with van der Waals surface area (Å²) in [5.74, 6) is 1.62. The summed E-state index contributed by atoms with van der Waals surface area (Å²) in [7, 11) is 0. The second-order valence-electron chi connectivity index (χ2n) is 3.88. The van der Waals surface area contributed by atoms with Gasteiger partial charge in [0, 0.05) is 15.6 Å². The summed E-state index contributed by atoms with van der Waals surface area (Å²) in [6, 6.07) is 7.79. The van der Waals surface area contributed by atoms with Crippen LogP contribution in [0.25, 0.3) is 0 Å². The van der Waals surface area contributed by atoms with Gasteiger partial charge in [-0.15, -0.1) is 11.8 Å². The summed E-state index contributed by atoms with van der Waals surface area (Å²) < 4.78 is 1.50. The molecule has 0 bridgehead atoms. The Morgan fingerprint density at radius 3 is 2.95 bits per heavy atom. The molecule has 0 fully saturated rings. The molecule has 1 aromatic heterocycles. The molecule has 100 valence electrons. The number of halogens is 2. The van der Waals surface area contributed by atoms with Crippen molar-refractivity contribution in [1.29, 1.82) is 0 Å². The molecule has 0 spiro atoms. The van der Waals surface area contributed by atoms with E-state index in [0.717, 1.165) is 38.1 Å². The molecule has 0 aliphatic heterocycles. The Morgan fingerprint density at radius 1 is 1.47 bits per heavy atom. The van der Waals surface area contributed by atoms with Gasteiger partial charge < -0.3 is 4.98 Å². The van der Waals surface area contributed by atoms with Gasteiger partial charge in [-0.1, -0.05) is 36.8 Å². The summed E-state index contributed by atoms with van der Waals surface area (Å²) in [4.78, 5) is 8.81. The van der Waals surface area contributed by atoms with Crippen LogP contribution in [0.1, 0.15) is 18.4 Å². The van der Waals surface area contributed by atoms with Crippen molar-refractivity contribution in [3.63, 3.8) is 0 Å². The van der Waals surface area contributed by atoms with Gasteiger partial charge in [0.25, 0.3) is 0 Å². The molecule has 0 radical (unpaired) electrons. The van der Waals surface area contributed by atoms with Crippen molar-refractivity contribution >= 4 is 51.5 Å². The third-order valence-electron chi connectivity index (χ3n) is 2.51. The Balaban J connectivity index is 2.16. The second-order valence-corrected chi connectivity index (χ2v) is 6.55. The maximum atomic E-state index is 5.96. The molecule has 2 rings (SSSR count). The van der Waals surface area contributed by atoms with Gasteiger partial charge in [0.1, 0.15) is 10.5 Å². The van der Waals surface area contributed by atoms with Crippen LogP contribution in [0.5, 0.6) is 0 Å². The molecule has 19 heavy (non-hydrogen) atoms. The molecule has 1 heterocycles. The number of aromatic amines is 1. The highest BCUT2D eigenvalue weighted by molar-refractivity contribution is 9.10. The minimum Gasteiger partial charge on any atom is -0.345 e. The predicted octanol–water partition coefficient (Wildman–Crippen LogP) is 5.41. The number of thioether (sulfide) groups is 1. The maximum Gasteiger partial charge on any atom is 0.144 e. The Bertz CT molecular complexity index is 643. The molecule has 2 aromatic rings. The zero-order valence-electron chi connectivity index (χ0n) is 10.2. The number of H-pyrrole nitrogens is 1. The van der Waals surface area contributed by atoms with Crippen molar-refractivity contribution in [3.05, 3.63) is 49.9 Å². The monoisotopic (exact) mass is 374 g/mol. The molecule has 0 saturated carbocycles. The molecule has 0 atom stereocenters. The summed E-state index contributed by atoms with van der Waals surface area (Å²) >= 11 is 16.3. The highest BCUT2D eigenvalue weighted by Gasteiger charge is 2.05. The Kier molecular flexibility index (Phi) is 5.45. The van der Waals surface area contributed by atoms with E-state index in [4.69, 9.17) is 23.8 Å². The van der Waals surface area contributed by atoms with E-state index >= 15 is 0 Å². The molecule has 1 N–H and O–H groups in total. The van der Waals surface area contributed by atoms with E-state index in [1.54, 1.807) is 11.8 Å². The van der Waals surface area contributed by atoms with Crippen molar-refractivity contribution in [3.8, 4) is 0 Å². The van der Waals surface area contributed by atoms with Crippen LogP contribution in [0.2, 0.25) is 5.02 Å². The number of nitrogens with one attached hydrogen (secondary N) is 1. The maximum absolute atomic E-state index is 5.96. The van der Waals surface area contributed by atoms with Crippen molar-refractivity contribution in [2.45, 2.75) is 24.0 Å². The Morgan fingerprint density at radius 2 is 2.26 bits per heavy atom. The number of nitrogens with zero attached hydrogens (tertiary/aromatic N) is 1. The minimum absolute atomic E-state index is 0.609. The summed E-state index contributed by atoms with van der Waals surface area (Å²) in [6.45, 7) is 2.08. The van der Waals surface area contributed by atoms with Crippen molar-refractivity contribution in [2.24, 2.45) is 0 Å². The van der Waals surface area contributed by atoms with Gasteiger partial charge in [0.05, 0.1) is 10.2 Å². The van der Waals surface area contributed by atoms with Crippen LogP contribution < -0.4 is 0 Å². The standard InChI is InChI=1S/C13H12BrClN2S2/c1-2-10-12(14)13(18)17-11(16-10)7-19-9-5-3-4-8(15)6-9/h3-6H,2,7H2,1H3,(H,16,17,18). The Hall–Kier alpha value is -0.360. The van der Waals surface area contributed by atoms with Crippen LogP contribution in [-0.2, 0) is 12.2 Å². The quantitative estimate of drug-likeness (QED) is 0.572. The van der Waals surface area contributed by atoms with E-state index in [0.29, 0.717) is 4.64 Å². The lowest BCUT2D eigenvalue weighted by Crippen LogP contribution is -1.99. The zero-order chi connectivity index (χ0) is 13.8. The first-order chi connectivity index (χ1) is 9.10.